The van der Waals surface area contributed by atoms with Crippen LogP contribution in [-0.2, 0) is 11.2 Å². The standard InChI is InChI=1S/C18H18FN3O2/c19-14-3-1-12(2-4-14)13-7-17(23)16(18(24)8-13)10-20-6-5-15-9-21-11-22-15/h1-4,9-11,13,23H,5-8H2,(H,21,22)/p+1/t13-/m1/s1. The van der Waals surface area contributed by atoms with Crippen LogP contribution in [0.5, 0.6) is 0 Å². The maximum atomic E-state index is 13.0. The first-order valence-electron chi connectivity index (χ1n) is 7.88. The lowest BCUT2D eigenvalue weighted by Gasteiger charge is -2.21. The highest BCUT2D eigenvalue weighted by molar-refractivity contribution is 6.13. The zero-order valence-electron chi connectivity index (χ0n) is 13.1. The maximum Gasteiger partial charge on any atom is 0.176 e. The van der Waals surface area contributed by atoms with Crippen molar-refractivity contribution in [2.45, 2.75) is 25.2 Å². The number of halogens is 1. The van der Waals surface area contributed by atoms with Gasteiger partial charge in [-0.1, -0.05) is 12.1 Å². The summed E-state index contributed by atoms with van der Waals surface area (Å²) in [5.74, 6) is -0.451. The van der Waals surface area contributed by atoms with E-state index in [4.69, 9.17) is 0 Å². The smallest absolute Gasteiger partial charge is 0.176 e. The molecule has 1 aliphatic carbocycles. The molecular weight excluding hydrogens is 309 g/mol. The van der Waals surface area contributed by atoms with E-state index in [2.05, 4.69) is 15.0 Å². The number of nitrogens with zero attached hydrogens (tertiary/aromatic N) is 1. The number of nitrogens with one attached hydrogen (secondary N) is 2. The van der Waals surface area contributed by atoms with E-state index in [0.717, 1.165) is 17.7 Å². The van der Waals surface area contributed by atoms with E-state index in [1.807, 2.05) is 0 Å². The average molecular weight is 328 g/mol. The molecule has 1 atom stereocenters. The van der Waals surface area contributed by atoms with Gasteiger partial charge in [0.15, 0.2) is 12.0 Å². The van der Waals surface area contributed by atoms with Gasteiger partial charge in [-0.3, -0.25) is 4.79 Å². The molecule has 1 aromatic heterocycles. The number of aliphatic hydroxyl groups excluding tert-OH is 1. The Bertz CT molecular complexity index is 764. The van der Waals surface area contributed by atoms with Gasteiger partial charge in [0.1, 0.15) is 23.7 Å². The topological polar surface area (TPSA) is 79.9 Å². The summed E-state index contributed by atoms with van der Waals surface area (Å²) in [6, 6.07) is 6.08. The van der Waals surface area contributed by atoms with E-state index in [-0.39, 0.29) is 23.3 Å². The molecule has 0 saturated heterocycles. The molecule has 5 nitrogen and oxygen atoms in total. The lowest BCUT2D eigenvalue weighted by Crippen LogP contribution is -2.70. The number of carbonyl (C=O) groups excluding carboxylic acids is 1. The first kappa shape index (κ1) is 16.1. The van der Waals surface area contributed by atoms with Crippen molar-refractivity contribution in [3.05, 3.63) is 65.2 Å². The van der Waals surface area contributed by atoms with Crippen molar-refractivity contribution >= 4 is 12.0 Å². The Morgan fingerprint density at radius 3 is 2.79 bits per heavy atom. The summed E-state index contributed by atoms with van der Waals surface area (Å²) in [4.78, 5) is 22.3. The predicted octanol–water partition coefficient (Wildman–Crippen LogP) is 1.20. The summed E-state index contributed by atoms with van der Waals surface area (Å²) in [5.41, 5.74) is 2.20. The van der Waals surface area contributed by atoms with Crippen LogP contribution in [0.25, 0.3) is 0 Å². The Hall–Kier alpha value is -2.76. The van der Waals surface area contributed by atoms with Gasteiger partial charge in [-0.2, -0.15) is 0 Å². The zero-order chi connectivity index (χ0) is 16.9. The van der Waals surface area contributed by atoms with Gasteiger partial charge in [-0.05, 0) is 23.6 Å². The average Bonchev–Trinajstić information content (AvgIpc) is 3.07. The summed E-state index contributed by atoms with van der Waals surface area (Å²) < 4.78 is 13.0. The minimum atomic E-state index is -0.309. The number of rotatable bonds is 5. The highest BCUT2D eigenvalue weighted by Gasteiger charge is 2.29. The van der Waals surface area contributed by atoms with Gasteiger partial charge in [0, 0.05) is 31.2 Å². The normalized spacial score (nSPS) is 18.5. The van der Waals surface area contributed by atoms with Crippen LogP contribution in [-0.4, -0.2) is 33.6 Å². The Morgan fingerprint density at radius 1 is 1.33 bits per heavy atom. The molecule has 0 saturated carbocycles. The van der Waals surface area contributed by atoms with Crippen molar-refractivity contribution in [1.29, 1.82) is 0 Å². The fourth-order valence-electron chi connectivity index (χ4n) is 2.85. The number of ketones is 1. The second kappa shape index (κ2) is 7.21. The molecule has 24 heavy (non-hydrogen) atoms. The summed E-state index contributed by atoms with van der Waals surface area (Å²) in [7, 11) is 0. The first-order valence-corrected chi connectivity index (χ1v) is 7.88. The number of aromatic nitrogens is 2. The molecule has 1 aromatic carbocycles. The Balaban J connectivity index is 1.64. The summed E-state index contributed by atoms with van der Waals surface area (Å²) in [6.45, 7) is 0.633. The molecule has 0 bridgehead atoms. The highest BCUT2D eigenvalue weighted by Crippen LogP contribution is 2.32. The monoisotopic (exact) mass is 328 g/mol. The van der Waals surface area contributed by atoms with E-state index < -0.39 is 0 Å². The lowest BCUT2D eigenvalue weighted by atomic mass is 9.83. The number of aliphatic hydroxyl groups is 1. The molecular formula is C18H19FN3O2+. The van der Waals surface area contributed by atoms with Gasteiger partial charge in [0.2, 0.25) is 0 Å². The van der Waals surface area contributed by atoms with Crippen LogP contribution < -0.4 is 4.99 Å². The van der Waals surface area contributed by atoms with Crippen LogP contribution in [0.1, 0.15) is 30.0 Å². The van der Waals surface area contributed by atoms with Crippen molar-refractivity contribution in [3.63, 3.8) is 0 Å². The summed E-state index contributed by atoms with van der Waals surface area (Å²) >= 11 is 0. The van der Waals surface area contributed by atoms with E-state index in [0.29, 0.717) is 25.0 Å². The predicted molar refractivity (Wildman–Crippen MR) is 87.2 cm³/mol. The third-order valence-electron chi connectivity index (χ3n) is 4.16. The Labute approximate surface area is 139 Å². The number of Topliss-reactive ketones (excluding diaryl/α,β-unsaturated/α-hetero) is 1. The van der Waals surface area contributed by atoms with Gasteiger partial charge < -0.3 is 10.1 Å². The van der Waals surface area contributed by atoms with Crippen LogP contribution in [0.2, 0.25) is 0 Å². The minimum Gasteiger partial charge on any atom is -0.511 e. The van der Waals surface area contributed by atoms with Crippen molar-refractivity contribution in [2.75, 3.05) is 6.54 Å². The minimum absolute atomic E-state index is 0.0783. The maximum absolute atomic E-state index is 13.0. The lowest BCUT2D eigenvalue weighted by molar-refractivity contribution is -0.450. The van der Waals surface area contributed by atoms with E-state index in [1.54, 1.807) is 30.9 Å². The van der Waals surface area contributed by atoms with Crippen LogP contribution in [0.15, 0.2) is 48.1 Å². The first-order chi connectivity index (χ1) is 11.6. The Kier molecular flexibility index (Phi) is 4.84. The third kappa shape index (κ3) is 3.76. The summed E-state index contributed by atoms with van der Waals surface area (Å²) in [5, 5.41) is 10.2. The largest absolute Gasteiger partial charge is 0.511 e. The van der Waals surface area contributed by atoms with Crippen LogP contribution in [0.4, 0.5) is 4.39 Å². The van der Waals surface area contributed by atoms with Gasteiger partial charge in [-0.15, -0.1) is 0 Å². The fourth-order valence-corrected chi connectivity index (χ4v) is 2.85. The highest BCUT2D eigenvalue weighted by atomic mass is 19.1. The molecule has 1 heterocycles. The number of carbonyl (C=O) groups is 1. The van der Waals surface area contributed by atoms with E-state index in [9.17, 15) is 14.3 Å². The molecule has 0 fully saturated rings. The number of hydrogen-bond acceptors (Lipinski definition) is 3. The molecule has 0 aliphatic heterocycles. The van der Waals surface area contributed by atoms with E-state index in [1.165, 1.54) is 12.1 Å². The third-order valence-corrected chi connectivity index (χ3v) is 4.16. The quantitative estimate of drug-likeness (QED) is 0.722. The second-order valence-corrected chi connectivity index (χ2v) is 5.87. The van der Waals surface area contributed by atoms with Crippen LogP contribution >= 0.6 is 0 Å². The van der Waals surface area contributed by atoms with Crippen molar-refractivity contribution in [3.8, 4) is 0 Å². The molecule has 124 valence electrons. The van der Waals surface area contributed by atoms with Crippen molar-refractivity contribution in [1.82, 2.24) is 9.97 Å². The molecule has 1 aliphatic rings. The molecule has 0 amide bonds. The van der Waals surface area contributed by atoms with Crippen molar-refractivity contribution < 1.29 is 19.3 Å². The van der Waals surface area contributed by atoms with Gasteiger partial charge in [0.25, 0.3) is 0 Å². The number of hydrogen-bond donors (Lipinski definition) is 3. The van der Waals surface area contributed by atoms with Crippen LogP contribution in [0.3, 0.4) is 0 Å². The molecule has 2 aromatic rings. The van der Waals surface area contributed by atoms with Gasteiger partial charge in [0.05, 0.1) is 6.33 Å². The van der Waals surface area contributed by atoms with Gasteiger partial charge >= 0.3 is 0 Å². The number of H-pyrrole nitrogens is 1. The molecule has 0 unspecified atom stereocenters. The molecule has 0 spiro atoms. The van der Waals surface area contributed by atoms with Gasteiger partial charge in [-0.25, -0.2) is 14.4 Å². The molecule has 3 N–H and O–H groups in total. The SMILES string of the molecule is O=C1C[C@H](c2ccc(F)cc2)CC(O)=C1C=[NH+]CCc1cnc[nH]1. The van der Waals surface area contributed by atoms with Crippen molar-refractivity contribution in [2.24, 2.45) is 0 Å². The number of aromatic amines is 1. The fraction of sp³-hybridized carbons (Fsp3) is 0.278. The number of imidazole rings is 1. The molecule has 6 heteroatoms. The van der Waals surface area contributed by atoms with Crippen LogP contribution in [0, 0.1) is 5.82 Å². The number of allylic oxidation sites excluding steroid dienone is 2. The van der Waals surface area contributed by atoms with E-state index >= 15 is 0 Å². The zero-order valence-corrected chi connectivity index (χ0v) is 13.1. The Morgan fingerprint density at radius 2 is 2.12 bits per heavy atom. The molecule has 3 rings (SSSR count). The number of benzene rings is 1. The molecule has 0 radical (unpaired) electrons. The second-order valence-electron chi connectivity index (χ2n) is 5.87. The summed E-state index contributed by atoms with van der Waals surface area (Å²) in [6.07, 6.45) is 6.38.